The molecule has 1 aromatic rings. The first-order valence-corrected chi connectivity index (χ1v) is 6.10. The van der Waals surface area contributed by atoms with Crippen LogP contribution in [-0.4, -0.2) is 20.2 Å². The molecule has 0 amide bonds. The molecule has 14 heavy (non-hydrogen) atoms. The molecule has 0 bridgehead atoms. The molecule has 1 saturated carbocycles. The van der Waals surface area contributed by atoms with Gasteiger partial charge in [-0.3, -0.25) is 0 Å². The van der Waals surface area contributed by atoms with Crippen molar-refractivity contribution in [1.82, 2.24) is 5.32 Å². The molecule has 1 aliphatic heterocycles. The predicted molar refractivity (Wildman–Crippen MR) is 57.9 cm³/mol. The van der Waals surface area contributed by atoms with Crippen LogP contribution in [0.5, 0.6) is 0 Å². The Kier molecular flexibility index (Phi) is 1.94. The van der Waals surface area contributed by atoms with Crippen LogP contribution in [0.15, 0.2) is 11.4 Å². The van der Waals surface area contributed by atoms with E-state index in [1.165, 1.54) is 18.4 Å². The molecule has 76 valence electrons. The number of hydrogen-bond acceptors (Lipinski definition) is 3. The number of fused-ring (bicyclic) bond motifs is 2. The molecule has 1 atom stereocenters. The average Bonchev–Trinajstić information content (AvgIpc) is 2.78. The van der Waals surface area contributed by atoms with Gasteiger partial charge in [-0.2, -0.15) is 0 Å². The van der Waals surface area contributed by atoms with E-state index in [0.717, 1.165) is 13.2 Å². The van der Waals surface area contributed by atoms with Crippen molar-refractivity contribution in [3.63, 3.8) is 0 Å². The Hall–Kier alpha value is -0.380. The normalized spacial score (nSPS) is 27.6. The van der Waals surface area contributed by atoms with Crippen molar-refractivity contribution in [2.75, 3.05) is 20.2 Å². The molecule has 0 aromatic carbocycles. The first kappa shape index (κ1) is 8.89. The Morgan fingerprint density at radius 2 is 2.50 bits per heavy atom. The minimum atomic E-state index is 0.152. The zero-order chi connectivity index (χ0) is 9.60. The third-order valence-electron chi connectivity index (χ3n) is 3.27. The molecule has 1 spiro atoms. The maximum Gasteiger partial charge on any atom is 0.0944 e. The predicted octanol–water partition coefficient (Wildman–Crippen LogP) is 2.07. The Bertz CT molecular complexity index is 343. The number of hydrogen-bond donors (Lipinski definition) is 1. The summed E-state index contributed by atoms with van der Waals surface area (Å²) in [5.74, 6) is 0.571. The largest absolute Gasteiger partial charge is 0.370 e. The summed E-state index contributed by atoms with van der Waals surface area (Å²) in [6, 6.07) is 2.26. The zero-order valence-electron chi connectivity index (χ0n) is 8.38. The quantitative estimate of drug-likeness (QED) is 0.805. The van der Waals surface area contributed by atoms with Crippen LogP contribution in [0.25, 0.3) is 0 Å². The van der Waals surface area contributed by atoms with Gasteiger partial charge in [0.25, 0.3) is 0 Å². The summed E-state index contributed by atoms with van der Waals surface area (Å²) in [6.45, 7) is 1.93. The van der Waals surface area contributed by atoms with Crippen molar-refractivity contribution in [3.05, 3.63) is 21.9 Å². The number of nitrogens with one attached hydrogen (secondary N) is 1. The van der Waals surface area contributed by atoms with Crippen molar-refractivity contribution in [1.29, 1.82) is 0 Å². The van der Waals surface area contributed by atoms with Crippen LogP contribution in [0, 0.1) is 0 Å². The Labute approximate surface area is 88.3 Å². The van der Waals surface area contributed by atoms with Gasteiger partial charge in [0.05, 0.1) is 12.2 Å². The molecule has 0 radical (unpaired) electrons. The lowest BCUT2D eigenvalue weighted by Crippen LogP contribution is -2.29. The third kappa shape index (κ3) is 1.16. The summed E-state index contributed by atoms with van der Waals surface area (Å²) in [7, 11) is 2.01. The highest BCUT2D eigenvalue weighted by atomic mass is 32.1. The van der Waals surface area contributed by atoms with Crippen molar-refractivity contribution in [2.24, 2.45) is 0 Å². The van der Waals surface area contributed by atoms with Crippen molar-refractivity contribution >= 4 is 11.3 Å². The highest BCUT2D eigenvalue weighted by Crippen LogP contribution is 2.55. The summed E-state index contributed by atoms with van der Waals surface area (Å²) in [4.78, 5) is 1.56. The number of likely N-dealkylation sites (N-methyl/N-ethyl adjacent to an activating group) is 1. The molecule has 2 nitrogen and oxygen atoms in total. The van der Waals surface area contributed by atoms with Crippen LogP contribution >= 0.6 is 11.3 Å². The standard InChI is InChI=1S/C11H15NOS/c1-12-6-8-7-13-11(3-4-11)9-2-5-14-10(8)9/h2,5,8,12H,3-4,6-7H2,1H3/t8-/m0/s1. The fourth-order valence-corrected chi connectivity index (χ4v) is 3.43. The fourth-order valence-electron chi connectivity index (χ4n) is 2.35. The van der Waals surface area contributed by atoms with E-state index in [1.807, 2.05) is 18.4 Å². The Balaban J connectivity index is 1.96. The summed E-state index contributed by atoms with van der Waals surface area (Å²) in [5, 5.41) is 5.45. The maximum atomic E-state index is 5.99. The third-order valence-corrected chi connectivity index (χ3v) is 4.35. The zero-order valence-corrected chi connectivity index (χ0v) is 9.19. The van der Waals surface area contributed by atoms with Gasteiger partial charge in [0.15, 0.2) is 0 Å². The van der Waals surface area contributed by atoms with Gasteiger partial charge in [0.1, 0.15) is 0 Å². The minimum Gasteiger partial charge on any atom is -0.370 e. The number of rotatable bonds is 2. The van der Waals surface area contributed by atoms with Gasteiger partial charge in [0, 0.05) is 17.3 Å². The van der Waals surface area contributed by atoms with Crippen LogP contribution in [0.3, 0.4) is 0 Å². The molecule has 1 N–H and O–H groups in total. The molecule has 2 heterocycles. The second kappa shape index (κ2) is 3.05. The first-order chi connectivity index (χ1) is 6.86. The van der Waals surface area contributed by atoms with E-state index in [4.69, 9.17) is 4.74 Å². The van der Waals surface area contributed by atoms with Gasteiger partial charge in [-0.05, 0) is 36.9 Å². The molecular weight excluding hydrogens is 194 g/mol. The fraction of sp³-hybridized carbons (Fsp3) is 0.636. The van der Waals surface area contributed by atoms with Crippen LogP contribution < -0.4 is 5.32 Å². The van der Waals surface area contributed by atoms with Crippen LogP contribution in [-0.2, 0) is 10.3 Å². The summed E-state index contributed by atoms with van der Waals surface area (Å²) < 4.78 is 5.99. The van der Waals surface area contributed by atoms with E-state index >= 15 is 0 Å². The lowest BCUT2D eigenvalue weighted by atomic mass is 9.97. The van der Waals surface area contributed by atoms with E-state index in [1.54, 1.807) is 4.88 Å². The van der Waals surface area contributed by atoms with Crippen LogP contribution in [0.2, 0.25) is 0 Å². The van der Waals surface area contributed by atoms with Gasteiger partial charge < -0.3 is 10.1 Å². The second-order valence-electron chi connectivity index (χ2n) is 4.26. The smallest absolute Gasteiger partial charge is 0.0944 e. The topological polar surface area (TPSA) is 21.3 Å². The SMILES string of the molecule is CNC[C@H]1COC2(CC2)c2ccsc21. The lowest BCUT2D eigenvalue weighted by molar-refractivity contribution is 0.00770. The van der Waals surface area contributed by atoms with Gasteiger partial charge >= 0.3 is 0 Å². The molecule has 3 rings (SSSR count). The van der Waals surface area contributed by atoms with Gasteiger partial charge in [-0.1, -0.05) is 0 Å². The van der Waals surface area contributed by atoms with E-state index in [9.17, 15) is 0 Å². The summed E-state index contributed by atoms with van der Waals surface area (Å²) in [5.41, 5.74) is 1.63. The molecular formula is C11H15NOS. The molecule has 1 fully saturated rings. The number of ether oxygens (including phenoxy) is 1. The van der Waals surface area contributed by atoms with Crippen molar-refractivity contribution in [3.8, 4) is 0 Å². The van der Waals surface area contributed by atoms with E-state index in [-0.39, 0.29) is 5.60 Å². The molecule has 2 aliphatic rings. The van der Waals surface area contributed by atoms with E-state index in [2.05, 4.69) is 16.8 Å². The summed E-state index contributed by atoms with van der Waals surface area (Å²) in [6.07, 6.45) is 2.45. The van der Waals surface area contributed by atoms with Gasteiger partial charge in [0.2, 0.25) is 0 Å². The number of thiophene rings is 1. The second-order valence-corrected chi connectivity index (χ2v) is 5.21. The maximum absolute atomic E-state index is 5.99. The average molecular weight is 209 g/mol. The Morgan fingerprint density at radius 3 is 3.21 bits per heavy atom. The van der Waals surface area contributed by atoms with Gasteiger partial charge in [-0.15, -0.1) is 11.3 Å². The molecule has 1 aromatic heterocycles. The minimum absolute atomic E-state index is 0.152. The monoisotopic (exact) mass is 209 g/mol. The molecule has 0 saturated heterocycles. The molecule has 0 unspecified atom stereocenters. The van der Waals surface area contributed by atoms with E-state index < -0.39 is 0 Å². The Morgan fingerprint density at radius 1 is 1.64 bits per heavy atom. The van der Waals surface area contributed by atoms with Gasteiger partial charge in [-0.25, -0.2) is 0 Å². The van der Waals surface area contributed by atoms with Crippen molar-refractivity contribution in [2.45, 2.75) is 24.4 Å². The highest BCUT2D eigenvalue weighted by molar-refractivity contribution is 7.10. The highest BCUT2D eigenvalue weighted by Gasteiger charge is 2.50. The first-order valence-electron chi connectivity index (χ1n) is 5.22. The molecule has 1 aliphatic carbocycles. The van der Waals surface area contributed by atoms with Crippen LogP contribution in [0.4, 0.5) is 0 Å². The molecule has 3 heteroatoms. The lowest BCUT2D eigenvalue weighted by Gasteiger charge is -2.29. The van der Waals surface area contributed by atoms with Crippen molar-refractivity contribution < 1.29 is 4.74 Å². The summed E-state index contributed by atoms with van der Waals surface area (Å²) >= 11 is 1.90. The van der Waals surface area contributed by atoms with Crippen LogP contribution in [0.1, 0.15) is 29.2 Å². The van der Waals surface area contributed by atoms with E-state index in [0.29, 0.717) is 5.92 Å².